The van der Waals surface area contributed by atoms with Gasteiger partial charge in [-0.25, -0.2) is 14.8 Å². The fraction of sp³-hybridized carbons (Fsp3) is 0.111. The molecule has 2 N–H and O–H groups in total. The van der Waals surface area contributed by atoms with E-state index in [1.54, 1.807) is 48.9 Å². The van der Waals surface area contributed by atoms with Gasteiger partial charge in [-0.05, 0) is 61.5 Å². The van der Waals surface area contributed by atoms with Gasteiger partial charge in [0.15, 0.2) is 11.2 Å². The summed E-state index contributed by atoms with van der Waals surface area (Å²) in [6, 6.07) is 17.6. The van der Waals surface area contributed by atoms with Gasteiger partial charge in [0.1, 0.15) is 11.6 Å². The third kappa shape index (κ3) is 5.50. The predicted molar refractivity (Wildman–Crippen MR) is 149 cm³/mol. The molecule has 1 atom stereocenters. The number of nitrogens with one attached hydrogen (secondary N) is 2. The molecule has 5 rings (SSSR count). The highest BCUT2D eigenvalue weighted by Gasteiger charge is 2.21. The minimum atomic E-state index is -1.05. The molecule has 0 bridgehead atoms. The maximum absolute atomic E-state index is 12.8. The van der Waals surface area contributed by atoms with Gasteiger partial charge in [-0.2, -0.15) is 0 Å². The molecule has 1 amide bonds. The molecule has 11 heteroatoms. The highest BCUT2D eigenvalue weighted by molar-refractivity contribution is 7.14. The molecule has 0 saturated carbocycles. The van der Waals surface area contributed by atoms with E-state index in [0.717, 1.165) is 16.9 Å². The van der Waals surface area contributed by atoms with Gasteiger partial charge in [0.2, 0.25) is 0 Å². The lowest BCUT2D eigenvalue weighted by Crippen LogP contribution is -2.29. The van der Waals surface area contributed by atoms with Crippen LogP contribution in [0.25, 0.3) is 33.7 Å². The molecular weight excluding hydrogens is 547 g/mol. The molecule has 0 aliphatic carbocycles. The Hall–Kier alpha value is -3.92. The third-order valence-electron chi connectivity index (χ3n) is 5.68. The van der Waals surface area contributed by atoms with Crippen molar-refractivity contribution in [1.82, 2.24) is 15.0 Å². The lowest BCUT2D eigenvalue weighted by atomic mass is 10.2. The number of hydrogen-bond acceptors (Lipinski definition) is 7. The van der Waals surface area contributed by atoms with Crippen LogP contribution in [-0.2, 0) is 9.53 Å². The van der Waals surface area contributed by atoms with Crippen LogP contribution < -0.4 is 10.1 Å². The van der Waals surface area contributed by atoms with E-state index >= 15 is 0 Å². The summed E-state index contributed by atoms with van der Waals surface area (Å²) in [7, 11) is 1.61. The topological polar surface area (TPSA) is 106 Å². The molecule has 0 aliphatic heterocycles. The predicted octanol–water partition coefficient (Wildman–Crippen LogP) is 6.85. The van der Waals surface area contributed by atoms with Crippen LogP contribution in [0.2, 0.25) is 10.0 Å². The van der Waals surface area contributed by atoms with E-state index in [0.29, 0.717) is 43.3 Å². The fourth-order valence-corrected chi connectivity index (χ4v) is 4.65. The van der Waals surface area contributed by atoms with Crippen molar-refractivity contribution in [2.45, 2.75) is 13.0 Å². The Bertz CT molecular complexity index is 1650. The Morgan fingerprint density at radius 3 is 2.47 bits per heavy atom. The standard InChI is InChI=1S/C27H20Cl2N4O4S/c1-14(25(34)33-27-32-23(13-38-27)16-5-9-19(28)20(29)11-16)37-26(35)17-6-10-21-22(12-17)31-24(30-21)15-3-7-18(36-2)8-4-15/h3-14H,1-2H3,(H,30,31)(H,32,33,34). The van der Waals surface area contributed by atoms with Crippen molar-refractivity contribution in [2.24, 2.45) is 0 Å². The summed E-state index contributed by atoms with van der Waals surface area (Å²) in [6.07, 6.45) is -1.05. The summed E-state index contributed by atoms with van der Waals surface area (Å²) in [5.41, 5.74) is 3.93. The van der Waals surface area contributed by atoms with Gasteiger partial charge in [-0.1, -0.05) is 29.3 Å². The Morgan fingerprint density at radius 2 is 1.74 bits per heavy atom. The number of amides is 1. The van der Waals surface area contributed by atoms with Crippen molar-refractivity contribution in [1.29, 1.82) is 0 Å². The molecule has 38 heavy (non-hydrogen) atoms. The zero-order chi connectivity index (χ0) is 26.8. The zero-order valence-electron chi connectivity index (χ0n) is 20.1. The van der Waals surface area contributed by atoms with Gasteiger partial charge in [-0.15, -0.1) is 11.3 Å². The number of aromatic nitrogens is 3. The fourth-order valence-electron chi connectivity index (χ4n) is 3.63. The normalized spacial score (nSPS) is 11.8. The van der Waals surface area contributed by atoms with Crippen LogP contribution in [-0.4, -0.2) is 40.0 Å². The number of nitrogens with zero attached hydrogens (tertiary/aromatic N) is 2. The number of fused-ring (bicyclic) bond motifs is 1. The van der Waals surface area contributed by atoms with Crippen molar-refractivity contribution in [2.75, 3.05) is 12.4 Å². The SMILES string of the molecule is COc1ccc(-c2nc3ccc(C(=O)OC(C)C(=O)Nc4nc(-c5ccc(Cl)c(Cl)c5)cs4)cc3[nH]2)cc1. The summed E-state index contributed by atoms with van der Waals surface area (Å²) in [5, 5.41) is 5.68. The summed E-state index contributed by atoms with van der Waals surface area (Å²) in [6.45, 7) is 1.50. The van der Waals surface area contributed by atoms with Crippen LogP contribution in [0.1, 0.15) is 17.3 Å². The van der Waals surface area contributed by atoms with Gasteiger partial charge in [-0.3, -0.25) is 10.1 Å². The molecule has 0 radical (unpaired) electrons. The number of aromatic amines is 1. The van der Waals surface area contributed by atoms with Crippen molar-refractivity contribution < 1.29 is 19.1 Å². The van der Waals surface area contributed by atoms with Crippen LogP contribution in [0.4, 0.5) is 5.13 Å². The first kappa shape index (κ1) is 25.7. The molecule has 2 aromatic heterocycles. The molecule has 0 fully saturated rings. The van der Waals surface area contributed by atoms with Gasteiger partial charge < -0.3 is 14.5 Å². The molecule has 5 aromatic rings. The van der Waals surface area contributed by atoms with Crippen LogP contribution in [0.5, 0.6) is 5.75 Å². The van der Waals surface area contributed by atoms with E-state index in [4.69, 9.17) is 32.7 Å². The number of esters is 1. The molecule has 1 unspecified atom stereocenters. The molecule has 0 saturated heterocycles. The van der Waals surface area contributed by atoms with E-state index in [2.05, 4.69) is 20.3 Å². The highest BCUT2D eigenvalue weighted by atomic mass is 35.5. The van der Waals surface area contributed by atoms with Gasteiger partial charge in [0.25, 0.3) is 5.91 Å². The average molecular weight is 567 g/mol. The lowest BCUT2D eigenvalue weighted by Gasteiger charge is -2.12. The average Bonchev–Trinajstić information content (AvgIpc) is 3.57. The van der Waals surface area contributed by atoms with Crippen molar-refractivity contribution in [3.8, 4) is 28.4 Å². The van der Waals surface area contributed by atoms with Crippen LogP contribution >= 0.6 is 34.5 Å². The molecule has 8 nitrogen and oxygen atoms in total. The number of anilines is 1. The molecule has 0 aliphatic rings. The summed E-state index contributed by atoms with van der Waals surface area (Å²) < 4.78 is 10.6. The molecule has 3 aromatic carbocycles. The van der Waals surface area contributed by atoms with E-state index in [1.807, 2.05) is 24.3 Å². The second-order valence-electron chi connectivity index (χ2n) is 8.25. The van der Waals surface area contributed by atoms with Crippen LogP contribution in [0, 0.1) is 0 Å². The largest absolute Gasteiger partial charge is 0.497 e. The summed E-state index contributed by atoms with van der Waals surface area (Å²) >= 11 is 13.3. The molecule has 192 valence electrons. The lowest BCUT2D eigenvalue weighted by molar-refractivity contribution is -0.123. The summed E-state index contributed by atoms with van der Waals surface area (Å²) in [5.74, 6) is 0.267. The minimum Gasteiger partial charge on any atom is -0.497 e. The van der Waals surface area contributed by atoms with E-state index in [9.17, 15) is 9.59 Å². The number of methoxy groups -OCH3 is 1. The second-order valence-corrected chi connectivity index (χ2v) is 9.92. The molecular formula is C27H20Cl2N4O4S. The first-order valence-electron chi connectivity index (χ1n) is 11.4. The summed E-state index contributed by atoms with van der Waals surface area (Å²) in [4.78, 5) is 37.6. The second kappa shape index (κ2) is 10.8. The Balaban J connectivity index is 1.23. The monoisotopic (exact) mass is 566 g/mol. The smallest absolute Gasteiger partial charge is 0.338 e. The van der Waals surface area contributed by atoms with Gasteiger partial charge >= 0.3 is 5.97 Å². The molecule has 0 spiro atoms. The van der Waals surface area contributed by atoms with Crippen molar-refractivity contribution >= 4 is 62.6 Å². The number of hydrogen-bond donors (Lipinski definition) is 2. The van der Waals surface area contributed by atoms with E-state index in [1.165, 1.54) is 18.3 Å². The maximum atomic E-state index is 12.8. The number of thiazole rings is 1. The number of H-pyrrole nitrogens is 1. The Morgan fingerprint density at radius 1 is 0.974 bits per heavy atom. The highest BCUT2D eigenvalue weighted by Crippen LogP contribution is 2.30. The first-order valence-corrected chi connectivity index (χ1v) is 13.0. The first-order chi connectivity index (χ1) is 18.3. The third-order valence-corrected chi connectivity index (χ3v) is 7.18. The van der Waals surface area contributed by atoms with Crippen molar-refractivity contribution in [3.63, 3.8) is 0 Å². The number of rotatable bonds is 7. The van der Waals surface area contributed by atoms with Crippen LogP contribution in [0.3, 0.4) is 0 Å². The number of halogens is 2. The van der Waals surface area contributed by atoms with Crippen LogP contribution in [0.15, 0.2) is 66.0 Å². The Kier molecular flexibility index (Phi) is 7.33. The number of ether oxygens (including phenoxy) is 2. The quantitative estimate of drug-likeness (QED) is 0.208. The number of carbonyl (C=O) groups is 2. The number of imidazole rings is 1. The number of benzene rings is 3. The van der Waals surface area contributed by atoms with Gasteiger partial charge in [0.05, 0.1) is 39.4 Å². The minimum absolute atomic E-state index is 0.290. The Labute approximate surface area is 231 Å². The van der Waals surface area contributed by atoms with E-state index < -0.39 is 18.0 Å². The van der Waals surface area contributed by atoms with Crippen molar-refractivity contribution in [3.05, 3.63) is 81.7 Å². The molecule has 2 heterocycles. The maximum Gasteiger partial charge on any atom is 0.338 e. The number of carbonyl (C=O) groups excluding carboxylic acids is 2. The van der Waals surface area contributed by atoms with Gasteiger partial charge in [0, 0.05) is 16.5 Å². The zero-order valence-corrected chi connectivity index (χ0v) is 22.4. The van der Waals surface area contributed by atoms with E-state index in [-0.39, 0.29) is 0 Å².